The summed E-state index contributed by atoms with van der Waals surface area (Å²) in [4.78, 5) is 4.31. The highest BCUT2D eigenvalue weighted by Gasteiger charge is 2.22. The highest BCUT2D eigenvalue weighted by Crippen LogP contribution is 2.36. The molecule has 110 valence electrons. The van der Waals surface area contributed by atoms with Crippen molar-refractivity contribution in [3.8, 4) is 0 Å². The first kappa shape index (κ1) is 16.2. The summed E-state index contributed by atoms with van der Waals surface area (Å²) < 4.78 is 27.6. The van der Waals surface area contributed by atoms with E-state index in [-0.39, 0.29) is 9.62 Å². The first-order valence-corrected chi connectivity index (χ1v) is 9.88. The fraction of sp³-hybridized carbons (Fsp3) is 0.364. The molecule has 0 unspecified atom stereocenters. The van der Waals surface area contributed by atoms with Gasteiger partial charge >= 0.3 is 0 Å². The van der Waals surface area contributed by atoms with Gasteiger partial charge in [0, 0.05) is 10.8 Å². The molecule has 20 heavy (non-hydrogen) atoms. The Kier molecular flexibility index (Phi) is 4.52. The highest BCUT2D eigenvalue weighted by molar-refractivity contribution is 9.11. The van der Waals surface area contributed by atoms with E-state index in [4.69, 9.17) is 11.6 Å². The molecule has 0 aliphatic rings. The third kappa shape index (κ3) is 3.54. The topological polar surface area (TPSA) is 59.1 Å². The lowest BCUT2D eigenvalue weighted by molar-refractivity contribution is 0.573. The summed E-state index contributed by atoms with van der Waals surface area (Å²) in [5.74, 6) is 0. The number of aromatic nitrogens is 1. The van der Waals surface area contributed by atoms with Gasteiger partial charge in [-0.1, -0.05) is 32.4 Å². The lowest BCUT2D eigenvalue weighted by Gasteiger charge is -2.14. The number of nitrogens with one attached hydrogen (secondary N) is 1. The number of sulfonamides is 1. The first-order valence-electron chi connectivity index (χ1n) is 5.53. The number of hydrogen-bond acceptors (Lipinski definition) is 5. The van der Waals surface area contributed by atoms with Crippen LogP contribution in [0.3, 0.4) is 0 Å². The van der Waals surface area contributed by atoms with Gasteiger partial charge in [-0.25, -0.2) is 13.4 Å². The molecule has 1 N–H and O–H groups in total. The molecule has 0 aliphatic carbocycles. The average molecular weight is 416 g/mol. The van der Waals surface area contributed by atoms with E-state index in [1.165, 1.54) is 17.4 Å². The summed E-state index contributed by atoms with van der Waals surface area (Å²) in [5.41, 5.74) is 0.737. The molecule has 2 aromatic rings. The zero-order chi connectivity index (χ0) is 15.1. The van der Waals surface area contributed by atoms with Crippen molar-refractivity contribution < 1.29 is 8.42 Å². The molecular formula is C11H12BrClN2O2S3. The molecule has 2 aromatic heterocycles. The second kappa shape index (κ2) is 5.57. The molecule has 0 bridgehead atoms. The van der Waals surface area contributed by atoms with E-state index >= 15 is 0 Å². The number of hydrogen-bond donors (Lipinski definition) is 1. The van der Waals surface area contributed by atoms with E-state index in [9.17, 15) is 8.42 Å². The van der Waals surface area contributed by atoms with Gasteiger partial charge in [-0.2, -0.15) is 0 Å². The summed E-state index contributed by atoms with van der Waals surface area (Å²) in [6.45, 7) is 6.07. The normalized spacial score (nSPS) is 12.7. The minimum atomic E-state index is -3.65. The van der Waals surface area contributed by atoms with E-state index in [2.05, 4.69) is 25.6 Å². The second-order valence-electron chi connectivity index (χ2n) is 5.08. The van der Waals surface area contributed by atoms with Gasteiger partial charge in [0.25, 0.3) is 10.0 Å². The quantitative estimate of drug-likeness (QED) is 0.789. The lowest BCUT2D eigenvalue weighted by atomic mass is 9.93. The standard InChI is InChI=1S/C11H12BrClN2O2S3/c1-11(2,3)7-5-18-10(14-7)15-20(16,17)8-4-6(13)9(12)19-8/h4-5H,1-3H3,(H,14,15). The molecule has 0 amide bonds. The Balaban J connectivity index is 2.27. The molecular weight excluding hydrogens is 404 g/mol. The van der Waals surface area contributed by atoms with Crippen LogP contribution in [0.4, 0.5) is 5.13 Å². The number of thiophene rings is 1. The van der Waals surface area contributed by atoms with Crippen LogP contribution in [0.15, 0.2) is 19.4 Å². The fourth-order valence-electron chi connectivity index (χ4n) is 1.29. The number of nitrogens with zero attached hydrogens (tertiary/aromatic N) is 1. The van der Waals surface area contributed by atoms with Crippen LogP contribution in [0.1, 0.15) is 26.5 Å². The molecule has 0 aliphatic heterocycles. The SMILES string of the molecule is CC(C)(C)c1csc(NS(=O)(=O)c2cc(Cl)c(Br)s2)n1. The van der Waals surface area contributed by atoms with Crippen molar-refractivity contribution in [2.24, 2.45) is 0 Å². The number of thiazole rings is 1. The Morgan fingerprint density at radius 3 is 2.50 bits per heavy atom. The molecule has 0 fully saturated rings. The monoisotopic (exact) mass is 414 g/mol. The Bertz CT molecular complexity index is 712. The van der Waals surface area contributed by atoms with Crippen molar-refractivity contribution in [2.45, 2.75) is 30.4 Å². The van der Waals surface area contributed by atoms with Crippen LogP contribution in [-0.2, 0) is 15.4 Å². The summed E-state index contributed by atoms with van der Waals surface area (Å²) in [6, 6.07) is 1.41. The Morgan fingerprint density at radius 1 is 1.40 bits per heavy atom. The molecule has 9 heteroatoms. The summed E-state index contributed by atoms with van der Waals surface area (Å²) in [6.07, 6.45) is 0. The van der Waals surface area contributed by atoms with Crippen LogP contribution in [0.25, 0.3) is 0 Å². The summed E-state index contributed by atoms with van der Waals surface area (Å²) in [7, 11) is -3.65. The predicted molar refractivity (Wildman–Crippen MR) is 88.7 cm³/mol. The van der Waals surface area contributed by atoms with Crippen LogP contribution in [-0.4, -0.2) is 13.4 Å². The van der Waals surface area contributed by atoms with Gasteiger partial charge in [-0.15, -0.1) is 22.7 Å². The van der Waals surface area contributed by atoms with Gasteiger partial charge in [0.05, 0.1) is 14.5 Å². The summed E-state index contributed by atoms with van der Waals surface area (Å²) in [5, 5.41) is 2.59. The Morgan fingerprint density at radius 2 is 2.05 bits per heavy atom. The third-order valence-corrected chi connectivity index (χ3v) is 7.56. The molecule has 0 aromatic carbocycles. The van der Waals surface area contributed by atoms with Crippen LogP contribution >= 0.6 is 50.2 Å². The first-order chi connectivity index (χ1) is 9.09. The lowest BCUT2D eigenvalue weighted by Crippen LogP contribution is -2.14. The van der Waals surface area contributed by atoms with Crippen molar-refractivity contribution in [1.29, 1.82) is 0 Å². The predicted octanol–water partition coefficient (Wildman–Crippen LogP) is 4.72. The van der Waals surface area contributed by atoms with Gasteiger partial charge in [0.1, 0.15) is 4.21 Å². The van der Waals surface area contributed by atoms with E-state index in [0.717, 1.165) is 17.0 Å². The molecule has 0 saturated carbocycles. The third-order valence-electron chi connectivity index (χ3n) is 2.38. The van der Waals surface area contributed by atoms with Gasteiger partial charge in [0.2, 0.25) is 0 Å². The van der Waals surface area contributed by atoms with Crippen molar-refractivity contribution >= 4 is 65.4 Å². The van der Waals surface area contributed by atoms with Crippen LogP contribution in [0.2, 0.25) is 5.02 Å². The van der Waals surface area contributed by atoms with Gasteiger partial charge < -0.3 is 0 Å². The minimum Gasteiger partial charge on any atom is -0.254 e. The molecule has 0 atom stereocenters. The van der Waals surface area contributed by atoms with Crippen LogP contribution < -0.4 is 4.72 Å². The summed E-state index contributed by atoms with van der Waals surface area (Å²) >= 11 is 11.4. The van der Waals surface area contributed by atoms with Crippen LogP contribution in [0.5, 0.6) is 0 Å². The number of anilines is 1. The van der Waals surface area contributed by atoms with Crippen molar-refractivity contribution in [1.82, 2.24) is 4.98 Å². The minimum absolute atomic E-state index is 0.116. The molecule has 4 nitrogen and oxygen atoms in total. The average Bonchev–Trinajstić information content (AvgIpc) is 2.86. The maximum atomic E-state index is 12.2. The zero-order valence-electron chi connectivity index (χ0n) is 10.9. The Hall–Kier alpha value is -0.150. The van der Waals surface area contributed by atoms with Gasteiger partial charge in [-0.05, 0) is 22.0 Å². The largest absolute Gasteiger partial charge is 0.273 e. The second-order valence-corrected chi connectivity index (χ2v) is 10.6. The van der Waals surface area contributed by atoms with E-state index in [1.54, 1.807) is 0 Å². The van der Waals surface area contributed by atoms with Crippen LogP contribution in [0, 0.1) is 0 Å². The fourth-order valence-corrected chi connectivity index (χ4v) is 5.88. The van der Waals surface area contributed by atoms with Crippen molar-refractivity contribution in [3.63, 3.8) is 0 Å². The zero-order valence-corrected chi connectivity index (χ0v) is 15.7. The smallest absolute Gasteiger partial charge is 0.254 e. The molecule has 0 spiro atoms. The Labute approximate surface area is 139 Å². The highest BCUT2D eigenvalue weighted by atomic mass is 79.9. The molecule has 2 heterocycles. The van der Waals surface area contributed by atoms with Crippen molar-refractivity contribution in [2.75, 3.05) is 4.72 Å². The van der Waals surface area contributed by atoms with Gasteiger partial charge in [0.15, 0.2) is 5.13 Å². The maximum Gasteiger partial charge on any atom is 0.273 e. The van der Waals surface area contributed by atoms with Crippen molar-refractivity contribution in [3.05, 3.63) is 25.9 Å². The molecule has 0 saturated heterocycles. The number of halogens is 2. The van der Waals surface area contributed by atoms with E-state index in [1.807, 2.05) is 26.2 Å². The number of rotatable bonds is 3. The van der Waals surface area contributed by atoms with Gasteiger partial charge in [-0.3, -0.25) is 4.72 Å². The van der Waals surface area contributed by atoms with E-state index < -0.39 is 10.0 Å². The molecule has 0 radical (unpaired) electrons. The molecule has 2 rings (SSSR count). The maximum absolute atomic E-state index is 12.2. The van der Waals surface area contributed by atoms with E-state index in [0.29, 0.717) is 13.9 Å².